The summed E-state index contributed by atoms with van der Waals surface area (Å²) in [5, 5.41) is 0. The Morgan fingerprint density at radius 2 is 1.92 bits per heavy atom. The quantitative estimate of drug-likeness (QED) is 0.257. The van der Waals surface area contributed by atoms with E-state index in [1.165, 1.54) is 6.33 Å². The predicted octanol–water partition coefficient (Wildman–Crippen LogP) is 3.29. The number of aromatic amines is 1. The van der Waals surface area contributed by atoms with E-state index in [9.17, 15) is 14.2 Å². The second-order valence-corrected chi connectivity index (χ2v) is 11.0. The lowest BCUT2D eigenvalue weighted by molar-refractivity contribution is -0.126. The SMILES string of the molecule is Nc1nc2c(ncn2CCOCCP(=O)(OCC(=O)C2CCCCC2)OCc2ccccc2)c(=O)[nH]1. The molecular formula is C24H32N5O6P. The maximum Gasteiger partial charge on any atom is 0.333 e. The lowest BCUT2D eigenvalue weighted by atomic mass is 9.86. The van der Waals surface area contributed by atoms with Gasteiger partial charge in [0.1, 0.15) is 6.61 Å². The highest BCUT2D eigenvalue weighted by molar-refractivity contribution is 7.53. The zero-order valence-corrected chi connectivity index (χ0v) is 21.0. The van der Waals surface area contributed by atoms with Crippen molar-refractivity contribution in [2.45, 2.75) is 45.3 Å². The fourth-order valence-corrected chi connectivity index (χ4v) is 5.55. The number of ether oxygens (including phenoxy) is 1. The maximum absolute atomic E-state index is 13.5. The third-order valence-corrected chi connectivity index (χ3v) is 7.99. The Morgan fingerprint density at radius 1 is 1.14 bits per heavy atom. The van der Waals surface area contributed by atoms with Gasteiger partial charge >= 0.3 is 7.60 Å². The number of imidazole rings is 1. The van der Waals surface area contributed by atoms with E-state index >= 15 is 0 Å². The molecule has 1 unspecified atom stereocenters. The second-order valence-electron chi connectivity index (χ2n) is 8.84. The van der Waals surface area contributed by atoms with Gasteiger partial charge in [-0.2, -0.15) is 4.98 Å². The average molecular weight is 518 g/mol. The van der Waals surface area contributed by atoms with Crippen molar-refractivity contribution in [3.05, 3.63) is 52.6 Å². The van der Waals surface area contributed by atoms with Crippen LogP contribution in [0.25, 0.3) is 11.2 Å². The van der Waals surface area contributed by atoms with Crippen LogP contribution >= 0.6 is 7.60 Å². The molecule has 4 rings (SSSR count). The molecule has 0 radical (unpaired) electrons. The molecule has 194 valence electrons. The van der Waals surface area contributed by atoms with E-state index < -0.39 is 13.2 Å². The lowest BCUT2D eigenvalue weighted by Crippen LogP contribution is -2.22. The molecule has 0 saturated heterocycles. The fraction of sp³-hybridized carbons (Fsp3) is 0.500. The number of H-pyrrole nitrogens is 1. The van der Waals surface area contributed by atoms with Gasteiger partial charge in [-0.15, -0.1) is 0 Å². The van der Waals surface area contributed by atoms with Crippen LogP contribution in [0.5, 0.6) is 0 Å². The number of carbonyl (C=O) groups excluding carboxylic acids is 1. The van der Waals surface area contributed by atoms with E-state index in [-0.39, 0.29) is 55.8 Å². The third-order valence-electron chi connectivity index (χ3n) is 6.21. The number of anilines is 1. The summed E-state index contributed by atoms with van der Waals surface area (Å²) in [6, 6.07) is 9.37. The highest BCUT2D eigenvalue weighted by atomic mass is 31.2. The van der Waals surface area contributed by atoms with E-state index in [1.54, 1.807) is 4.57 Å². The first-order valence-corrected chi connectivity index (χ1v) is 13.9. The second kappa shape index (κ2) is 12.4. The zero-order chi connectivity index (χ0) is 25.4. The Labute approximate surface area is 208 Å². The van der Waals surface area contributed by atoms with Crippen LogP contribution in [-0.4, -0.2) is 51.3 Å². The summed E-state index contributed by atoms with van der Waals surface area (Å²) in [5.74, 6) is -0.0445. The minimum Gasteiger partial charge on any atom is -0.379 e. The number of carbonyl (C=O) groups is 1. The van der Waals surface area contributed by atoms with Gasteiger partial charge < -0.3 is 24.1 Å². The number of hydrogen-bond acceptors (Lipinski definition) is 9. The largest absolute Gasteiger partial charge is 0.379 e. The normalized spacial score (nSPS) is 16.2. The molecule has 12 heteroatoms. The highest BCUT2D eigenvalue weighted by Crippen LogP contribution is 2.49. The van der Waals surface area contributed by atoms with Crippen molar-refractivity contribution in [3.63, 3.8) is 0 Å². The summed E-state index contributed by atoms with van der Waals surface area (Å²) in [6.07, 6.45) is 6.43. The first-order valence-electron chi connectivity index (χ1n) is 12.2. The molecule has 0 aliphatic heterocycles. The van der Waals surface area contributed by atoms with E-state index in [0.717, 1.165) is 37.7 Å². The summed E-state index contributed by atoms with van der Waals surface area (Å²) in [7, 11) is -3.58. The van der Waals surface area contributed by atoms with Crippen molar-refractivity contribution in [1.82, 2.24) is 19.5 Å². The molecule has 1 aliphatic rings. The third kappa shape index (κ3) is 7.10. The number of ketones is 1. The summed E-state index contributed by atoms with van der Waals surface area (Å²) >= 11 is 0. The molecule has 1 aromatic carbocycles. The summed E-state index contributed by atoms with van der Waals surface area (Å²) in [6.45, 7) is 0.604. The predicted molar refractivity (Wildman–Crippen MR) is 135 cm³/mol. The van der Waals surface area contributed by atoms with Crippen LogP contribution in [0.3, 0.4) is 0 Å². The molecular weight excluding hydrogens is 485 g/mol. The molecule has 3 aromatic rings. The molecule has 0 spiro atoms. The van der Waals surface area contributed by atoms with Crippen LogP contribution in [0, 0.1) is 5.92 Å². The van der Waals surface area contributed by atoms with Gasteiger partial charge in [-0.3, -0.25) is 19.1 Å². The Bertz CT molecular complexity index is 1250. The topological polar surface area (TPSA) is 151 Å². The fourth-order valence-electron chi connectivity index (χ4n) is 4.19. The molecule has 2 heterocycles. The highest BCUT2D eigenvalue weighted by Gasteiger charge is 2.29. The van der Waals surface area contributed by atoms with E-state index in [2.05, 4.69) is 15.0 Å². The number of hydrogen-bond donors (Lipinski definition) is 2. The number of Topliss-reactive ketones (excluding diaryl/α,β-unsaturated/α-hetero) is 1. The number of nitrogens with two attached hydrogens (primary N) is 1. The molecule has 3 N–H and O–H groups in total. The zero-order valence-electron chi connectivity index (χ0n) is 20.1. The molecule has 1 fully saturated rings. The van der Waals surface area contributed by atoms with Crippen LogP contribution in [-0.2, 0) is 36.3 Å². The monoisotopic (exact) mass is 517 g/mol. The van der Waals surface area contributed by atoms with Crippen molar-refractivity contribution in [2.24, 2.45) is 5.92 Å². The molecule has 1 aliphatic carbocycles. The number of nitrogen functional groups attached to an aromatic ring is 1. The minimum atomic E-state index is -3.58. The summed E-state index contributed by atoms with van der Waals surface area (Å²) in [4.78, 5) is 35.1. The Balaban J connectivity index is 1.30. The molecule has 1 saturated carbocycles. The van der Waals surface area contributed by atoms with Crippen LogP contribution in [0.15, 0.2) is 41.5 Å². The first kappa shape index (κ1) is 26.2. The molecule has 0 amide bonds. The van der Waals surface area contributed by atoms with Gasteiger partial charge in [0.05, 0.1) is 32.3 Å². The van der Waals surface area contributed by atoms with Gasteiger partial charge in [0, 0.05) is 12.5 Å². The molecule has 36 heavy (non-hydrogen) atoms. The Morgan fingerprint density at radius 3 is 2.69 bits per heavy atom. The van der Waals surface area contributed by atoms with Crippen LogP contribution in [0.4, 0.5) is 5.95 Å². The Hall–Kier alpha value is -2.85. The number of rotatable bonds is 13. The molecule has 2 aromatic heterocycles. The van der Waals surface area contributed by atoms with Gasteiger partial charge in [0.25, 0.3) is 5.56 Å². The summed E-state index contributed by atoms with van der Waals surface area (Å²) < 4.78 is 32.1. The minimum absolute atomic E-state index is 0.00611. The number of fused-ring (bicyclic) bond motifs is 1. The van der Waals surface area contributed by atoms with Crippen molar-refractivity contribution in [1.29, 1.82) is 0 Å². The van der Waals surface area contributed by atoms with E-state index in [1.807, 2.05) is 30.3 Å². The van der Waals surface area contributed by atoms with Gasteiger partial charge in [0.2, 0.25) is 5.95 Å². The van der Waals surface area contributed by atoms with Crippen molar-refractivity contribution >= 4 is 30.5 Å². The smallest absolute Gasteiger partial charge is 0.333 e. The van der Waals surface area contributed by atoms with Crippen molar-refractivity contribution < 1.29 is 23.1 Å². The summed E-state index contributed by atoms with van der Waals surface area (Å²) in [5.41, 5.74) is 6.63. The van der Waals surface area contributed by atoms with Crippen LogP contribution in [0.1, 0.15) is 37.7 Å². The maximum atomic E-state index is 13.5. The molecule has 0 bridgehead atoms. The van der Waals surface area contributed by atoms with Crippen LogP contribution < -0.4 is 11.3 Å². The van der Waals surface area contributed by atoms with Gasteiger partial charge in [-0.25, -0.2) is 4.98 Å². The van der Waals surface area contributed by atoms with E-state index in [4.69, 9.17) is 19.5 Å². The Kier molecular flexibility index (Phi) is 9.03. The standard InChI is InChI=1S/C24H32N5O6P/c25-24-27-22-21(23(31)28-24)26-17-29(22)11-12-33-13-14-36(32,34-15-18-7-3-1-4-8-18)35-16-20(30)19-9-5-2-6-10-19/h1,3-4,7-8,17,19H,2,5-6,9-16H2,(H3,25,27,28,31). The number of benzene rings is 1. The lowest BCUT2D eigenvalue weighted by Gasteiger charge is -2.22. The number of nitrogens with zero attached hydrogens (tertiary/aromatic N) is 3. The van der Waals surface area contributed by atoms with Crippen molar-refractivity contribution in [2.75, 3.05) is 31.7 Å². The van der Waals surface area contributed by atoms with E-state index in [0.29, 0.717) is 12.2 Å². The average Bonchev–Trinajstić information content (AvgIpc) is 3.30. The van der Waals surface area contributed by atoms with Gasteiger partial charge in [0.15, 0.2) is 16.9 Å². The van der Waals surface area contributed by atoms with Gasteiger partial charge in [-0.1, -0.05) is 49.6 Å². The van der Waals surface area contributed by atoms with Crippen LogP contribution in [0.2, 0.25) is 0 Å². The number of aromatic nitrogens is 4. The van der Waals surface area contributed by atoms with Gasteiger partial charge in [-0.05, 0) is 18.4 Å². The molecule has 11 nitrogen and oxygen atoms in total. The van der Waals surface area contributed by atoms with Crippen molar-refractivity contribution in [3.8, 4) is 0 Å². The first-order chi connectivity index (χ1) is 17.4. The molecule has 1 atom stereocenters. The number of nitrogens with one attached hydrogen (secondary N) is 1.